The second-order valence-corrected chi connectivity index (χ2v) is 8.92. The molecule has 0 aliphatic carbocycles. The van der Waals surface area contributed by atoms with Crippen molar-refractivity contribution >= 4 is 44.6 Å². The summed E-state index contributed by atoms with van der Waals surface area (Å²) in [5, 5.41) is 21.3. The first-order valence-electron chi connectivity index (χ1n) is 11.3. The van der Waals surface area contributed by atoms with Crippen LogP contribution in [0, 0.1) is 6.92 Å². The summed E-state index contributed by atoms with van der Waals surface area (Å²) in [6.45, 7) is 1.97. The number of aromatic nitrogens is 5. The first-order chi connectivity index (χ1) is 18.5. The summed E-state index contributed by atoms with van der Waals surface area (Å²) in [5.74, 6) is 0.484. The van der Waals surface area contributed by atoms with Crippen LogP contribution in [0.1, 0.15) is 27.3 Å². The molecule has 0 saturated carbocycles. The standard InChI is InChI=1S/C25H21BrN8O4/c1-14-21(34(33-29-14)24-23(27)31-38-32-24)25(35)30-28-12-15-10-19(26)22(20(11-15)36-2)37-13-17-8-5-7-16-6-3-4-9-18(16)17/h3-12H,13H2,1-2H3,(H2,27,31)(H,30,35)/b28-12-. The molecule has 0 unspecified atom stereocenters. The molecule has 0 saturated heterocycles. The van der Waals surface area contributed by atoms with Gasteiger partial charge in [-0.25, -0.2) is 10.1 Å². The molecule has 0 fully saturated rings. The molecule has 0 atom stereocenters. The minimum Gasteiger partial charge on any atom is -0.493 e. The number of nitrogens with two attached hydrogens (primary N) is 1. The van der Waals surface area contributed by atoms with E-state index in [1.54, 1.807) is 26.2 Å². The van der Waals surface area contributed by atoms with Crippen LogP contribution in [-0.2, 0) is 6.61 Å². The second-order valence-electron chi connectivity index (χ2n) is 8.07. The minimum absolute atomic E-state index is 0.0350. The van der Waals surface area contributed by atoms with E-state index in [1.807, 2.05) is 24.3 Å². The SMILES string of the molecule is COc1cc(/C=N\NC(=O)c2c(C)nnn2-c2nonc2N)cc(Br)c1OCc1cccc2ccccc12. The smallest absolute Gasteiger partial charge is 0.292 e. The molecular formula is C25H21BrN8O4. The predicted molar refractivity (Wildman–Crippen MR) is 142 cm³/mol. The van der Waals surface area contributed by atoms with E-state index in [0.29, 0.717) is 33.8 Å². The van der Waals surface area contributed by atoms with Gasteiger partial charge in [0, 0.05) is 0 Å². The molecule has 3 N–H and O–H groups in total. The fourth-order valence-corrected chi connectivity index (χ4v) is 4.42. The molecule has 2 aromatic heterocycles. The highest BCUT2D eigenvalue weighted by atomic mass is 79.9. The molecule has 2 heterocycles. The molecule has 0 radical (unpaired) electrons. The number of nitrogens with zero attached hydrogens (tertiary/aromatic N) is 6. The lowest BCUT2D eigenvalue weighted by Crippen LogP contribution is -2.22. The van der Waals surface area contributed by atoms with Gasteiger partial charge >= 0.3 is 0 Å². The Balaban J connectivity index is 1.31. The van der Waals surface area contributed by atoms with Gasteiger partial charge in [0.2, 0.25) is 11.6 Å². The van der Waals surface area contributed by atoms with Crippen molar-refractivity contribution < 1.29 is 18.9 Å². The number of carbonyl (C=O) groups excluding carboxylic acids is 1. The van der Waals surface area contributed by atoms with Crippen LogP contribution in [0.4, 0.5) is 5.82 Å². The molecule has 38 heavy (non-hydrogen) atoms. The number of amides is 1. The lowest BCUT2D eigenvalue weighted by atomic mass is 10.1. The van der Waals surface area contributed by atoms with Gasteiger partial charge in [0.15, 0.2) is 17.2 Å². The van der Waals surface area contributed by atoms with Gasteiger partial charge < -0.3 is 15.2 Å². The fourth-order valence-electron chi connectivity index (χ4n) is 3.84. The molecule has 0 aliphatic rings. The first kappa shape index (κ1) is 24.9. The average molecular weight is 577 g/mol. The monoisotopic (exact) mass is 576 g/mol. The third kappa shape index (κ3) is 4.91. The number of carbonyl (C=O) groups is 1. The van der Waals surface area contributed by atoms with Gasteiger partial charge in [-0.15, -0.1) is 5.10 Å². The summed E-state index contributed by atoms with van der Waals surface area (Å²) in [6, 6.07) is 17.8. The summed E-state index contributed by atoms with van der Waals surface area (Å²) in [6.07, 6.45) is 1.47. The van der Waals surface area contributed by atoms with Crippen molar-refractivity contribution in [2.24, 2.45) is 5.10 Å². The van der Waals surface area contributed by atoms with Gasteiger partial charge in [0.25, 0.3) is 5.91 Å². The Hall–Kier alpha value is -4.78. The number of rotatable bonds is 8. The van der Waals surface area contributed by atoms with Crippen molar-refractivity contribution in [1.29, 1.82) is 0 Å². The van der Waals surface area contributed by atoms with Gasteiger partial charge in [0.1, 0.15) is 6.61 Å². The quantitative estimate of drug-likeness (QED) is 0.207. The van der Waals surface area contributed by atoms with Crippen LogP contribution < -0.4 is 20.6 Å². The fraction of sp³-hybridized carbons (Fsp3) is 0.120. The first-order valence-corrected chi connectivity index (χ1v) is 12.1. The maximum absolute atomic E-state index is 12.8. The van der Waals surface area contributed by atoms with E-state index < -0.39 is 5.91 Å². The molecule has 5 aromatic rings. The number of methoxy groups -OCH3 is 1. The zero-order chi connectivity index (χ0) is 26.6. The van der Waals surface area contributed by atoms with Crippen molar-refractivity contribution in [3.8, 4) is 17.3 Å². The van der Waals surface area contributed by atoms with Gasteiger partial charge in [0.05, 0.1) is 23.5 Å². The van der Waals surface area contributed by atoms with Crippen LogP contribution >= 0.6 is 15.9 Å². The number of hydrogen-bond acceptors (Lipinski definition) is 10. The Labute approximate surface area is 224 Å². The number of ether oxygens (including phenoxy) is 2. The molecule has 13 heteroatoms. The maximum atomic E-state index is 12.8. The predicted octanol–water partition coefficient (Wildman–Crippen LogP) is 3.81. The normalized spacial score (nSPS) is 11.2. The van der Waals surface area contributed by atoms with E-state index in [4.69, 9.17) is 15.2 Å². The zero-order valence-corrected chi connectivity index (χ0v) is 21.8. The highest BCUT2D eigenvalue weighted by Gasteiger charge is 2.22. The maximum Gasteiger partial charge on any atom is 0.292 e. The molecule has 192 valence electrons. The number of nitrogens with one attached hydrogen (secondary N) is 1. The Kier molecular flexibility index (Phi) is 7.00. The zero-order valence-electron chi connectivity index (χ0n) is 20.3. The molecule has 0 bridgehead atoms. The van der Waals surface area contributed by atoms with Crippen LogP contribution in [0.3, 0.4) is 0 Å². The van der Waals surface area contributed by atoms with Crippen molar-refractivity contribution in [3.63, 3.8) is 0 Å². The third-order valence-corrected chi connectivity index (χ3v) is 6.22. The summed E-state index contributed by atoms with van der Waals surface area (Å²) in [7, 11) is 1.55. The molecule has 0 spiro atoms. The second kappa shape index (κ2) is 10.7. The van der Waals surface area contributed by atoms with Gasteiger partial charge in [-0.3, -0.25) is 4.79 Å². The largest absolute Gasteiger partial charge is 0.493 e. The molecule has 0 aliphatic heterocycles. The van der Waals surface area contributed by atoms with Gasteiger partial charge in [-0.05, 0) is 67.2 Å². The van der Waals surface area contributed by atoms with Gasteiger partial charge in [-0.1, -0.05) is 47.7 Å². The van der Waals surface area contributed by atoms with Crippen molar-refractivity contribution in [3.05, 3.63) is 81.6 Å². The molecule has 3 aromatic carbocycles. The van der Waals surface area contributed by atoms with Crippen molar-refractivity contribution in [2.45, 2.75) is 13.5 Å². The molecule has 5 rings (SSSR count). The number of hydrazone groups is 1. The van der Waals surface area contributed by atoms with Crippen LogP contribution in [0.25, 0.3) is 16.6 Å². The number of aryl methyl sites for hydroxylation is 1. The number of halogens is 1. The number of benzene rings is 3. The van der Waals surface area contributed by atoms with Crippen molar-refractivity contribution in [2.75, 3.05) is 12.8 Å². The van der Waals surface area contributed by atoms with E-state index in [0.717, 1.165) is 21.0 Å². The number of nitrogen functional groups attached to an aromatic ring is 1. The van der Waals surface area contributed by atoms with E-state index in [9.17, 15) is 4.79 Å². The topological polar surface area (TPSA) is 156 Å². The summed E-state index contributed by atoms with van der Waals surface area (Å²) in [4.78, 5) is 12.8. The lowest BCUT2D eigenvalue weighted by molar-refractivity contribution is 0.0946. The third-order valence-electron chi connectivity index (χ3n) is 5.63. The Bertz CT molecular complexity index is 1660. The Morgan fingerprint density at radius 1 is 1.21 bits per heavy atom. The van der Waals surface area contributed by atoms with Crippen LogP contribution in [-0.4, -0.2) is 44.5 Å². The summed E-state index contributed by atoms with van der Waals surface area (Å²) in [5.41, 5.74) is 10.3. The van der Waals surface area contributed by atoms with Crippen LogP contribution in [0.2, 0.25) is 0 Å². The van der Waals surface area contributed by atoms with Crippen molar-refractivity contribution in [1.82, 2.24) is 30.7 Å². The number of hydrogen-bond donors (Lipinski definition) is 2. The molecular weight excluding hydrogens is 556 g/mol. The Morgan fingerprint density at radius 2 is 2.03 bits per heavy atom. The van der Waals surface area contributed by atoms with E-state index >= 15 is 0 Å². The van der Waals surface area contributed by atoms with E-state index in [-0.39, 0.29) is 17.3 Å². The highest BCUT2D eigenvalue weighted by Crippen LogP contribution is 2.37. The minimum atomic E-state index is -0.577. The number of anilines is 1. The van der Waals surface area contributed by atoms with E-state index in [2.05, 4.69) is 69.9 Å². The van der Waals surface area contributed by atoms with Crippen LogP contribution in [0.5, 0.6) is 11.5 Å². The highest BCUT2D eigenvalue weighted by molar-refractivity contribution is 9.10. The molecule has 1 amide bonds. The van der Waals surface area contributed by atoms with E-state index in [1.165, 1.54) is 6.21 Å². The average Bonchev–Trinajstić information content (AvgIpc) is 3.52. The van der Waals surface area contributed by atoms with Gasteiger partial charge in [-0.2, -0.15) is 9.78 Å². The van der Waals surface area contributed by atoms with Crippen LogP contribution in [0.15, 0.2) is 68.8 Å². The summed E-state index contributed by atoms with van der Waals surface area (Å²) < 4.78 is 18.1. The molecule has 12 nitrogen and oxygen atoms in total. The Morgan fingerprint density at radius 3 is 2.82 bits per heavy atom. The summed E-state index contributed by atoms with van der Waals surface area (Å²) >= 11 is 3.55. The number of fused-ring (bicyclic) bond motifs is 1. The lowest BCUT2D eigenvalue weighted by Gasteiger charge is -2.14.